The summed E-state index contributed by atoms with van der Waals surface area (Å²) < 4.78 is 19.8. The summed E-state index contributed by atoms with van der Waals surface area (Å²) in [5, 5.41) is 3.95. The Kier molecular flexibility index (Phi) is 7.57. The van der Waals surface area contributed by atoms with Crippen LogP contribution in [0.3, 0.4) is 0 Å². The fourth-order valence-electron chi connectivity index (χ4n) is 4.06. The minimum absolute atomic E-state index is 0.0296. The third-order valence-corrected chi connectivity index (χ3v) is 5.97. The van der Waals surface area contributed by atoms with Gasteiger partial charge in [0.25, 0.3) is 0 Å². The molecule has 1 N–H and O–H groups in total. The molecular formula is C24H31ClFN3O2. The average Bonchev–Trinajstić information content (AvgIpc) is 2.72. The maximum atomic E-state index is 13.3. The first-order chi connectivity index (χ1) is 14.7. The summed E-state index contributed by atoms with van der Waals surface area (Å²) in [5.74, 6) is 0.427. The summed E-state index contributed by atoms with van der Waals surface area (Å²) in [5.41, 5.74) is 1.11. The van der Waals surface area contributed by atoms with Crippen LogP contribution in [0.5, 0.6) is 5.75 Å². The molecule has 2 aromatic carbocycles. The van der Waals surface area contributed by atoms with Gasteiger partial charge in [-0.1, -0.05) is 30.7 Å². The number of hydrogen-bond acceptors (Lipinski definition) is 4. The van der Waals surface area contributed by atoms with E-state index in [9.17, 15) is 9.18 Å². The molecule has 1 amide bonds. The summed E-state index contributed by atoms with van der Waals surface area (Å²) in [6.45, 7) is 10.8. The van der Waals surface area contributed by atoms with Gasteiger partial charge in [0.1, 0.15) is 11.6 Å². The van der Waals surface area contributed by atoms with E-state index in [1.54, 1.807) is 30.0 Å². The molecule has 0 aliphatic carbocycles. The Morgan fingerprint density at radius 2 is 2.00 bits per heavy atom. The highest BCUT2D eigenvalue weighted by molar-refractivity contribution is 6.30. The molecule has 1 aliphatic rings. The smallest absolute Gasteiger partial charge is 0.222 e. The van der Waals surface area contributed by atoms with Crippen molar-refractivity contribution < 1.29 is 13.9 Å². The van der Waals surface area contributed by atoms with E-state index in [4.69, 9.17) is 16.3 Å². The van der Waals surface area contributed by atoms with Crippen molar-refractivity contribution in [3.05, 3.63) is 64.4 Å². The summed E-state index contributed by atoms with van der Waals surface area (Å²) in [6.07, 6.45) is 0. The lowest BCUT2D eigenvalue weighted by Crippen LogP contribution is -2.67. The van der Waals surface area contributed by atoms with Crippen LogP contribution in [0.2, 0.25) is 5.02 Å². The first kappa shape index (κ1) is 23.5. The minimum atomic E-state index is -0.854. The lowest BCUT2D eigenvalue weighted by atomic mass is 10.0. The van der Waals surface area contributed by atoms with Crippen LogP contribution in [0.25, 0.3) is 0 Å². The second kappa shape index (κ2) is 9.98. The summed E-state index contributed by atoms with van der Waals surface area (Å²) in [6, 6.07) is 12.2. The molecule has 1 heterocycles. The molecule has 168 valence electrons. The van der Waals surface area contributed by atoms with E-state index in [-0.39, 0.29) is 17.8 Å². The van der Waals surface area contributed by atoms with E-state index >= 15 is 0 Å². The SMILES string of the molecule is CCNCc1cc(Cl)ccc1OC1(C)CN(Cc2ccc(F)cc2)C(C)CN1C(C)=O. The molecule has 31 heavy (non-hydrogen) atoms. The number of ether oxygens (including phenoxy) is 1. The van der Waals surface area contributed by atoms with E-state index in [2.05, 4.69) is 17.1 Å². The number of piperazine rings is 1. The normalized spacial score (nSPS) is 21.9. The minimum Gasteiger partial charge on any atom is -0.466 e. The predicted octanol–water partition coefficient (Wildman–Crippen LogP) is 4.44. The molecule has 3 rings (SSSR count). The maximum Gasteiger partial charge on any atom is 0.222 e. The van der Waals surface area contributed by atoms with E-state index < -0.39 is 5.72 Å². The van der Waals surface area contributed by atoms with Crippen LogP contribution in [0.15, 0.2) is 42.5 Å². The molecule has 2 aromatic rings. The van der Waals surface area contributed by atoms with Gasteiger partial charge in [-0.25, -0.2) is 4.39 Å². The topological polar surface area (TPSA) is 44.8 Å². The second-order valence-corrected chi connectivity index (χ2v) is 8.76. The highest BCUT2D eigenvalue weighted by Crippen LogP contribution is 2.32. The van der Waals surface area contributed by atoms with Crippen LogP contribution in [-0.2, 0) is 17.9 Å². The van der Waals surface area contributed by atoms with E-state index in [0.29, 0.717) is 37.0 Å². The monoisotopic (exact) mass is 447 g/mol. The number of nitrogens with one attached hydrogen (secondary N) is 1. The molecular weight excluding hydrogens is 417 g/mol. The van der Waals surface area contributed by atoms with Crippen LogP contribution in [0.4, 0.5) is 4.39 Å². The number of nitrogens with zero attached hydrogens (tertiary/aromatic N) is 2. The van der Waals surface area contributed by atoms with Crippen molar-refractivity contribution in [2.45, 2.75) is 52.6 Å². The van der Waals surface area contributed by atoms with Crippen molar-refractivity contribution in [1.82, 2.24) is 15.1 Å². The number of rotatable bonds is 7. The number of hydrogen-bond donors (Lipinski definition) is 1. The molecule has 0 aromatic heterocycles. The third-order valence-electron chi connectivity index (χ3n) is 5.73. The van der Waals surface area contributed by atoms with Gasteiger partial charge >= 0.3 is 0 Å². The number of benzene rings is 2. The molecule has 0 radical (unpaired) electrons. The maximum absolute atomic E-state index is 13.3. The number of amides is 1. The van der Waals surface area contributed by atoms with Gasteiger partial charge in [-0.3, -0.25) is 9.69 Å². The standard InChI is InChI=1S/C24H31ClFN3O2/c1-5-27-13-20-12-21(25)8-11-23(20)31-24(4)16-28(17(2)14-29(24)18(3)30)15-19-6-9-22(26)10-7-19/h6-12,17,27H,5,13-16H2,1-4H3. The zero-order valence-corrected chi connectivity index (χ0v) is 19.4. The van der Waals surface area contributed by atoms with Gasteiger partial charge < -0.3 is 15.0 Å². The highest BCUT2D eigenvalue weighted by Gasteiger charge is 2.44. The van der Waals surface area contributed by atoms with Gasteiger partial charge in [-0.2, -0.15) is 0 Å². The Labute approximate surface area is 189 Å². The Morgan fingerprint density at radius 1 is 1.29 bits per heavy atom. The van der Waals surface area contributed by atoms with E-state index in [1.807, 2.05) is 26.0 Å². The van der Waals surface area contributed by atoms with E-state index in [1.165, 1.54) is 12.1 Å². The van der Waals surface area contributed by atoms with Crippen molar-refractivity contribution in [3.63, 3.8) is 0 Å². The van der Waals surface area contributed by atoms with Crippen molar-refractivity contribution >= 4 is 17.5 Å². The van der Waals surface area contributed by atoms with Crippen LogP contribution < -0.4 is 10.1 Å². The molecule has 1 fully saturated rings. The molecule has 1 saturated heterocycles. The van der Waals surface area contributed by atoms with Crippen molar-refractivity contribution in [2.75, 3.05) is 19.6 Å². The summed E-state index contributed by atoms with van der Waals surface area (Å²) in [4.78, 5) is 16.6. The number of halogens is 2. The van der Waals surface area contributed by atoms with Crippen LogP contribution in [-0.4, -0.2) is 47.1 Å². The van der Waals surface area contributed by atoms with Gasteiger partial charge in [-0.15, -0.1) is 0 Å². The first-order valence-electron chi connectivity index (χ1n) is 10.7. The average molecular weight is 448 g/mol. The predicted molar refractivity (Wildman–Crippen MR) is 122 cm³/mol. The molecule has 5 nitrogen and oxygen atoms in total. The third kappa shape index (κ3) is 5.76. The van der Waals surface area contributed by atoms with Gasteiger partial charge in [0.05, 0.1) is 6.54 Å². The van der Waals surface area contributed by atoms with Crippen LogP contribution in [0, 0.1) is 5.82 Å². The molecule has 1 aliphatic heterocycles. The Bertz CT molecular complexity index is 908. The fraction of sp³-hybridized carbons (Fsp3) is 0.458. The summed E-state index contributed by atoms with van der Waals surface area (Å²) >= 11 is 6.21. The zero-order chi connectivity index (χ0) is 22.6. The van der Waals surface area contributed by atoms with Crippen molar-refractivity contribution in [2.24, 2.45) is 0 Å². The van der Waals surface area contributed by atoms with Gasteiger partial charge in [0, 0.05) is 43.2 Å². The number of carbonyl (C=O) groups excluding carboxylic acids is 1. The van der Waals surface area contributed by atoms with Crippen LogP contribution in [0.1, 0.15) is 38.8 Å². The fourth-order valence-corrected chi connectivity index (χ4v) is 4.25. The molecule has 2 unspecified atom stereocenters. The highest BCUT2D eigenvalue weighted by atomic mass is 35.5. The quantitative estimate of drug-likeness (QED) is 0.681. The molecule has 0 saturated carbocycles. The van der Waals surface area contributed by atoms with Crippen LogP contribution >= 0.6 is 11.6 Å². The van der Waals surface area contributed by atoms with Crippen molar-refractivity contribution in [1.29, 1.82) is 0 Å². The van der Waals surface area contributed by atoms with Gasteiger partial charge in [0.15, 0.2) is 5.72 Å². The Hall–Kier alpha value is -2.15. The van der Waals surface area contributed by atoms with Gasteiger partial charge in [0.2, 0.25) is 5.91 Å². The lowest BCUT2D eigenvalue weighted by Gasteiger charge is -2.51. The molecule has 2 atom stereocenters. The van der Waals surface area contributed by atoms with Crippen molar-refractivity contribution in [3.8, 4) is 5.75 Å². The largest absolute Gasteiger partial charge is 0.466 e. The lowest BCUT2D eigenvalue weighted by molar-refractivity contribution is -0.168. The second-order valence-electron chi connectivity index (χ2n) is 8.32. The summed E-state index contributed by atoms with van der Waals surface area (Å²) in [7, 11) is 0. The Morgan fingerprint density at radius 3 is 2.65 bits per heavy atom. The first-order valence-corrected chi connectivity index (χ1v) is 11.0. The molecule has 0 bridgehead atoms. The molecule has 0 spiro atoms. The van der Waals surface area contributed by atoms with E-state index in [0.717, 1.165) is 17.7 Å². The zero-order valence-electron chi connectivity index (χ0n) is 18.6. The number of carbonyl (C=O) groups is 1. The van der Waals surface area contributed by atoms with Gasteiger partial charge in [-0.05, 0) is 56.3 Å². The Balaban J connectivity index is 1.87. The molecule has 7 heteroatoms.